The Labute approximate surface area is 63.4 Å². The van der Waals surface area contributed by atoms with E-state index in [0.29, 0.717) is 5.82 Å². The number of nitrogens with one attached hydrogen (secondary N) is 1. The number of nitrogens with zero attached hydrogens (tertiary/aromatic N) is 3. The van der Waals surface area contributed by atoms with E-state index in [1.54, 1.807) is 24.1 Å². The number of rotatable bonds is 1. The summed E-state index contributed by atoms with van der Waals surface area (Å²) in [5.74, 6) is 0.649. The van der Waals surface area contributed by atoms with Crippen molar-refractivity contribution >= 4 is 11.5 Å². The molecule has 5 nitrogen and oxygen atoms in total. The third-order valence-electron chi connectivity index (χ3n) is 1.60. The first kappa shape index (κ1) is 6.09. The zero-order chi connectivity index (χ0) is 7.84. The molecule has 0 atom stereocenters. The molecule has 0 saturated carbocycles. The summed E-state index contributed by atoms with van der Waals surface area (Å²) in [5, 5.41) is 0. The van der Waals surface area contributed by atoms with Crippen LogP contribution >= 0.6 is 0 Å². The van der Waals surface area contributed by atoms with Crippen LogP contribution in [0.1, 0.15) is 0 Å². The molecule has 0 amide bonds. The maximum Gasteiger partial charge on any atom is 0.157 e. The molecule has 2 aromatic rings. The molecule has 0 fully saturated rings. The molecule has 0 bridgehead atoms. The summed E-state index contributed by atoms with van der Waals surface area (Å²) in [6, 6.07) is 1.80. The molecule has 0 spiro atoms. The molecule has 0 unspecified atom stereocenters. The highest BCUT2D eigenvalue weighted by Crippen LogP contribution is 2.07. The number of aromatic nitrogens is 3. The van der Waals surface area contributed by atoms with Gasteiger partial charge in [0.2, 0.25) is 0 Å². The van der Waals surface area contributed by atoms with Crippen LogP contribution in [0.4, 0.5) is 5.82 Å². The smallest absolute Gasteiger partial charge is 0.157 e. The second kappa shape index (κ2) is 1.91. The van der Waals surface area contributed by atoms with E-state index in [1.165, 1.54) is 0 Å². The van der Waals surface area contributed by atoms with Gasteiger partial charge in [0.05, 0.1) is 0 Å². The van der Waals surface area contributed by atoms with Crippen molar-refractivity contribution in [3.8, 4) is 0 Å². The fourth-order valence-electron chi connectivity index (χ4n) is 1.14. The first-order chi connectivity index (χ1) is 5.33. The monoisotopic (exact) mass is 151 g/mol. The largest absolute Gasteiger partial charge is 0.382 e. The van der Waals surface area contributed by atoms with E-state index in [0.717, 1.165) is 5.65 Å². The van der Waals surface area contributed by atoms with E-state index in [1.807, 2.05) is 10.7 Å². The van der Waals surface area contributed by atoms with Gasteiger partial charge in [0.25, 0.3) is 0 Å². The first-order valence-electron chi connectivity index (χ1n) is 3.31. The predicted molar refractivity (Wildman–Crippen MR) is 42.9 cm³/mol. The van der Waals surface area contributed by atoms with Gasteiger partial charge in [0.15, 0.2) is 5.65 Å². The Morgan fingerprint density at radius 1 is 1.64 bits per heavy atom. The lowest BCUT2D eigenvalue weighted by molar-refractivity contribution is 0.733. The molecular formula is C6H9N5. The Balaban J connectivity index is 2.80. The van der Waals surface area contributed by atoms with E-state index >= 15 is 0 Å². The summed E-state index contributed by atoms with van der Waals surface area (Å²) in [4.78, 5) is 5.78. The molecule has 11 heavy (non-hydrogen) atoms. The van der Waals surface area contributed by atoms with E-state index in [-0.39, 0.29) is 0 Å². The summed E-state index contributed by atoms with van der Waals surface area (Å²) in [5.41, 5.74) is 9.41. The Hall–Kier alpha value is -1.65. The lowest BCUT2D eigenvalue weighted by Crippen LogP contribution is -2.16. The molecule has 0 aliphatic carbocycles. The van der Waals surface area contributed by atoms with Crippen molar-refractivity contribution in [3.63, 3.8) is 0 Å². The van der Waals surface area contributed by atoms with Gasteiger partial charge in [0.1, 0.15) is 5.82 Å². The molecule has 2 heterocycles. The van der Waals surface area contributed by atoms with Crippen molar-refractivity contribution in [2.45, 2.75) is 0 Å². The van der Waals surface area contributed by atoms with Crippen molar-refractivity contribution < 1.29 is 0 Å². The number of fused-ring (bicyclic) bond motifs is 1. The molecule has 3 N–H and O–H groups in total. The fourth-order valence-corrected chi connectivity index (χ4v) is 1.14. The highest BCUT2D eigenvalue weighted by Gasteiger charge is 2.02. The maximum atomic E-state index is 5.65. The average molecular weight is 151 g/mol. The third-order valence-corrected chi connectivity index (χ3v) is 1.60. The molecule has 2 aromatic heterocycles. The molecule has 0 aromatic carbocycles. The van der Waals surface area contributed by atoms with Gasteiger partial charge in [-0.2, -0.15) is 4.79 Å². The van der Waals surface area contributed by atoms with E-state index in [4.69, 9.17) is 5.73 Å². The van der Waals surface area contributed by atoms with Gasteiger partial charge in [-0.25, -0.2) is 9.50 Å². The number of nitrogen functional groups attached to an aromatic ring is 1. The van der Waals surface area contributed by atoms with Crippen molar-refractivity contribution in [1.82, 2.24) is 14.3 Å². The topological polar surface area (TPSA) is 60.3 Å². The number of nitrogens with two attached hydrogens (primary N) is 1. The second-order valence-electron chi connectivity index (χ2n) is 2.23. The summed E-state index contributed by atoms with van der Waals surface area (Å²) in [6.45, 7) is 0. The van der Waals surface area contributed by atoms with Gasteiger partial charge in [-0.05, 0) is 0 Å². The van der Waals surface area contributed by atoms with Gasteiger partial charge in [-0.1, -0.05) is 0 Å². The SMILES string of the molecule is CNn1c(N)cc2nccn21. The fraction of sp³-hybridized carbons (Fsp3) is 0.167. The van der Waals surface area contributed by atoms with Crippen LogP contribution in [0.2, 0.25) is 0 Å². The van der Waals surface area contributed by atoms with Gasteiger partial charge in [-0.3, -0.25) is 0 Å². The van der Waals surface area contributed by atoms with Crippen LogP contribution in [-0.2, 0) is 0 Å². The summed E-state index contributed by atoms with van der Waals surface area (Å²) in [6.07, 6.45) is 3.56. The molecule has 0 saturated heterocycles. The maximum absolute atomic E-state index is 5.65. The quantitative estimate of drug-likeness (QED) is 0.598. The standard InChI is InChI=1S/C6H9N5/c1-8-11-5(7)4-6-9-2-3-10(6)11/h2-4,8H,7H2,1H3. The minimum atomic E-state index is 0.649. The van der Waals surface area contributed by atoms with Crippen molar-refractivity contribution in [1.29, 1.82) is 0 Å². The lowest BCUT2D eigenvalue weighted by Gasteiger charge is -2.03. The van der Waals surface area contributed by atoms with Crippen LogP contribution in [0.5, 0.6) is 0 Å². The van der Waals surface area contributed by atoms with Crippen LogP contribution in [0.15, 0.2) is 18.5 Å². The average Bonchev–Trinajstić information content (AvgIpc) is 2.46. The highest BCUT2D eigenvalue weighted by molar-refractivity contribution is 5.49. The molecular weight excluding hydrogens is 142 g/mol. The minimum absolute atomic E-state index is 0.649. The van der Waals surface area contributed by atoms with Crippen LogP contribution in [0.3, 0.4) is 0 Å². The van der Waals surface area contributed by atoms with Gasteiger partial charge >= 0.3 is 0 Å². The first-order valence-corrected chi connectivity index (χ1v) is 3.31. The Bertz CT molecular complexity index is 371. The molecule has 2 rings (SSSR count). The molecule has 0 radical (unpaired) electrons. The van der Waals surface area contributed by atoms with Gasteiger partial charge in [0, 0.05) is 25.5 Å². The number of anilines is 1. The summed E-state index contributed by atoms with van der Waals surface area (Å²) >= 11 is 0. The molecule has 5 heteroatoms. The van der Waals surface area contributed by atoms with Crippen LogP contribution in [0.25, 0.3) is 5.65 Å². The molecule has 0 aliphatic heterocycles. The van der Waals surface area contributed by atoms with Gasteiger partial charge < -0.3 is 11.2 Å². The minimum Gasteiger partial charge on any atom is -0.382 e. The van der Waals surface area contributed by atoms with E-state index in [9.17, 15) is 0 Å². The van der Waals surface area contributed by atoms with E-state index in [2.05, 4.69) is 10.4 Å². The number of hydrogen-bond donors (Lipinski definition) is 2. The van der Waals surface area contributed by atoms with Crippen molar-refractivity contribution in [2.24, 2.45) is 0 Å². The van der Waals surface area contributed by atoms with Gasteiger partial charge in [-0.15, -0.1) is 0 Å². The Morgan fingerprint density at radius 3 is 3.18 bits per heavy atom. The molecule has 58 valence electrons. The number of imidazole rings is 1. The zero-order valence-electron chi connectivity index (χ0n) is 6.15. The highest BCUT2D eigenvalue weighted by atomic mass is 15.6. The van der Waals surface area contributed by atoms with Crippen LogP contribution < -0.4 is 11.2 Å². The van der Waals surface area contributed by atoms with E-state index < -0.39 is 0 Å². The lowest BCUT2D eigenvalue weighted by atomic mass is 10.6. The summed E-state index contributed by atoms with van der Waals surface area (Å²) < 4.78 is 1.83. The summed E-state index contributed by atoms with van der Waals surface area (Å²) in [7, 11) is 1.80. The third kappa shape index (κ3) is 0.674. The zero-order valence-corrected chi connectivity index (χ0v) is 6.15. The Morgan fingerprint density at radius 2 is 2.45 bits per heavy atom. The molecule has 0 aliphatic rings. The van der Waals surface area contributed by atoms with Crippen LogP contribution in [-0.4, -0.2) is 21.3 Å². The Kier molecular flexibility index (Phi) is 1.06. The van der Waals surface area contributed by atoms with Crippen LogP contribution in [0, 0.1) is 0 Å². The van der Waals surface area contributed by atoms with Crippen molar-refractivity contribution in [3.05, 3.63) is 18.5 Å². The predicted octanol–water partition coefficient (Wildman–Crippen LogP) is -0.109. The number of hydrogen-bond acceptors (Lipinski definition) is 3. The second-order valence-corrected chi connectivity index (χ2v) is 2.23. The van der Waals surface area contributed by atoms with Crippen molar-refractivity contribution in [2.75, 3.05) is 18.2 Å². The normalized spacial score (nSPS) is 10.6.